The van der Waals surface area contributed by atoms with Crippen molar-refractivity contribution in [2.45, 2.75) is 42.8 Å². The predicted molar refractivity (Wildman–Crippen MR) is 120 cm³/mol. The van der Waals surface area contributed by atoms with Gasteiger partial charge in [-0.05, 0) is 37.1 Å². The summed E-state index contributed by atoms with van der Waals surface area (Å²) >= 11 is 1.22. The van der Waals surface area contributed by atoms with E-state index < -0.39 is 11.4 Å². The Morgan fingerprint density at radius 2 is 1.85 bits per heavy atom. The summed E-state index contributed by atoms with van der Waals surface area (Å²) in [6.07, 6.45) is 5.45. The molecule has 10 heteroatoms. The van der Waals surface area contributed by atoms with E-state index >= 15 is 0 Å². The summed E-state index contributed by atoms with van der Waals surface area (Å²) in [4.78, 5) is 39.7. The topological polar surface area (TPSA) is 110 Å². The zero-order valence-corrected chi connectivity index (χ0v) is 18.7. The Labute approximate surface area is 194 Å². The molecule has 0 radical (unpaired) electrons. The van der Waals surface area contributed by atoms with Crippen LogP contribution >= 0.6 is 11.8 Å². The molecule has 0 atom stereocenters. The number of carbonyl (C=O) groups is 3. The lowest BCUT2D eigenvalue weighted by Gasteiger charge is -2.47. The number of amides is 3. The molecule has 170 valence electrons. The van der Waals surface area contributed by atoms with Gasteiger partial charge < -0.3 is 9.32 Å². The van der Waals surface area contributed by atoms with Crippen LogP contribution in [0.2, 0.25) is 0 Å². The standard InChI is InChI=1S/C23H23N5O4S/c29-18-14-27(23(21(31)24-18)11-5-2-6-12-23)19(30)15-33-22-26-25-20(17-10-7-13-32-17)28(22)16-8-3-1-4-9-16/h1,3-4,7-10,13H,2,5-6,11-12,14-15H2,(H,24,29,31). The van der Waals surface area contributed by atoms with E-state index in [1.807, 2.05) is 34.9 Å². The monoisotopic (exact) mass is 465 g/mol. The summed E-state index contributed by atoms with van der Waals surface area (Å²) in [5.74, 6) is 0.0611. The Bertz CT molecular complexity index is 1170. The summed E-state index contributed by atoms with van der Waals surface area (Å²) in [5.41, 5.74) is -0.101. The molecule has 1 saturated heterocycles. The number of nitrogens with zero attached hydrogens (tertiary/aromatic N) is 4. The third kappa shape index (κ3) is 3.95. The summed E-state index contributed by atoms with van der Waals surface area (Å²) in [5, 5.41) is 11.5. The van der Waals surface area contributed by atoms with Gasteiger partial charge in [-0.3, -0.25) is 24.3 Å². The highest BCUT2D eigenvalue weighted by molar-refractivity contribution is 7.99. The molecule has 3 amide bonds. The van der Waals surface area contributed by atoms with Gasteiger partial charge in [-0.2, -0.15) is 0 Å². The molecule has 5 rings (SSSR count). The van der Waals surface area contributed by atoms with Gasteiger partial charge in [0, 0.05) is 5.69 Å². The van der Waals surface area contributed by atoms with Crippen molar-refractivity contribution in [3.63, 3.8) is 0 Å². The van der Waals surface area contributed by atoms with Crippen LogP contribution in [0.25, 0.3) is 17.3 Å². The molecular formula is C23H23N5O4S. The lowest BCUT2D eigenvalue weighted by atomic mass is 9.78. The molecule has 1 aliphatic heterocycles. The molecule has 1 N–H and O–H groups in total. The number of piperazine rings is 1. The molecule has 1 aliphatic carbocycles. The number of hydrogen-bond donors (Lipinski definition) is 1. The SMILES string of the molecule is O=C1CN(C(=O)CSc2nnc(-c3ccco3)n2-c2ccccc2)C2(CCCCC2)C(=O)N1. The Morgan fingerprint density at radius 1 is 1.06 bits per heavy atom. The first-order valence-electron chi connectivity index (χ1n) is 10.9. The summed E-state index contributed by atoms with van der Waals surface area (Å²) in [6, 6.07) is 13.2. The van der Waals surface area contributed by atoms with Crippen LogP contribution in [0, 0.1) is 0 Å². The van der Waals surface area contributed by atoms with Gasteiger partial charge in [0.15, 0.2) is 10.9 Å². The maximum Gasteiger partial charge on any atom is 0.252 e. The highest BCUT2D eigenvalue weighted by atomic mass is 32.2. The van der Waals surface area contributed by atoms with Crippen molar-refractivity contribution >= 4 is 29.5 Å². The van der Waals surface area contributed by atoms with Crippen molar-refractivity contribution in [3.05, 3.63) is 48.7 Å². The van der Waals surface area contributed by atoms with E-state index in [1.165, 1.54) is 16.7 Å². The average molecular weight is 466 g/mol. The maximum atomic E-state index is 13.3. The molecule has 9 nitrogen and oxygen atoms in total. The Balaban J connectivity index is 1.42. The van der Waals surface area contributed by atoms with E-state index in [0.29, 0.717) is 29.6 Å². The van der Waals surface area contributed by atoms with E-state index in [9.17, 15) is 14.4 Å². The van der Waals surface area contributed by atoms with E-state index in [0.717, 1.165) is 24.9 Å². The maximum absolute atomic E-state index is 13.3. The second-order valence-corrected chi connectivity index (χ2v) is 9.14. The van der Waals surface area contributed by atoms with Gasteiger partial charge in [0.05, 0.1) is 12.0 Å². The van der Waals surface area contributed by atoms with Crippen molar-refractivity contribution < 1.29 is 18.8 Å². The van der Waals surface area contributed by atoms with Gasteiger partial charge in [0.1, 0.15) is 12.1 Å². The van der Waals surface area contributed by atoms with Gasteiger partial charge in [-0.1, -0.05) is 49.2 Å². The number of rotatable bonds is 5. The fourth-order valence-corrected chi connectivity index (χ4v) is 5.43. The summed E-state index contributed by atoms with van der Waals surface area (Å²) in [6.45, 7) is -0.103. The second-order valence-electron chi connectivity index (χ2n) is 8.19. The number of hydrogen-bond acceptors (Lipinski definition) is 7. The third-order valence-electron chi connectivity index (χ3n) is 6.19. The van der Waals surface area contributed by atoms with E-state index in [4.69, 9.17) is 4.42 Å². The minimum atomic E-state index is -0.934. The predicted octanol–water partition coefficient (Wildman–Crippen LogP) is 2.81. The van der Waals surface area contributed by atoms with Gasteiger partial charge in [-0.25, -0.2) is 0 Å². The van der Waals surface area contributed by atoms with E-state index in [-0.39, 0.29) is 24.1 Å². The highest BCUT2D eigenvalue weighted by Gasteiger charge is 2.50. The third-order valence-corrected chi connectivity index (χ3v) is 7.10. The largest absolute Gasteiger partial charge is 0.461 e. The second kappa shape index (κ2) is 8.86. The highest BCUT2D eigenvalue weighted by Crippen LogP contribution is 2.36. The number of para-hydroxylation sites is 1. The summed E-state index contributed by atoms with van der Waals surface area (Å²) in [7, 11) is 0. The van der Waals surface area contributed by atoms with Gasteiger partial charge in [0.2, 0.25) is 17.6 Å². The minimum Gasteiger partial charge on any atom is -0.461 e. The molecule has 2 aromatic heterocycles. The van der Waals surface area contributed by atoms with E-state index in [2.05, 4.69) is 15.5 Å². The number of benzene rings is 1. The van der Waals surface area contributed by atoms with Crippen LogP contribution in [0.1, 0.15) is 32.1 Å². The zero-order valence-electron chi connectivity index (χ0n) is 17.9. The lowest BCUT2D eigenvalue weighted by Crippen LogP contribution is -2.69. The number of imide groups is 1. The first kappa shape index (κ1) is 21.4. The van der Waals surface area contributed by atoms with Gasteiger partial charge in [0.25, 0.3) is 5.91 Å². The molecule has 1 spiro atoms. The number of nitrogens with one attached hydrogen (secondary N) is 1. The molecule has 2 aliphatic rings. The van der Waals surface area contributed by atoms with Crippen LogP contribution in [-0.2, 0) is 14.4 Å². The Morgan fingerprint density at radius 3 is 2.58 bits per heavy atom. The minimum absolute atomic E-state index is 0.0332. The van der Waals surface area contributed by atoms with Crippen molar-refractivity contribution in [2.24, 2.45) is 0 Å². The average Bonchev–Trinajstić information content (AvgIpc) is 3.51. The fourth-order valence-electron chi connectivity index (χ4n) is 4.60. The normalized spacial score (nSPS) is 17.9. The Hall–Kier alpha value is -3.40. The molecule has 0 bridgehead atoms. The first-order chi connectivity index (χ1) is 16.1. The van der Waals surface area contributed by atoms with Crippen LogP contribution in [0.15, 0.2) is 58.3 Å². The molecule has 1 aromatic carbocycles. The Kier molecular flexibility index (Phi) is 5.76. The molecular weight excluding hydrogens is 442 g/mol. The molecule has 1 saturated carbocycles. The van der Waals surface area contributed by atoms with Gasteiger partial charge >= 0.3 is 0 Å². The van der Waals surface area contributed by atoms with Gasteiger partial charge in [-0.15, -0.1) is 10.2 Å². The summed E-state index contributed by atoms with van der Waals surface area (Å²) < 4.78 is 7.36. The van der Waals surface area contributed by atoms with Crippen molar-refractivity contribution in [1.29, 1.82) is 0 Å². The zero-order chi connectivity index (χ0) is 22.8. The molecule has 0 unspecified atom stereocenters. The van der Waals surface area contributed by atoms with Crippen LogP contribution < -0.4 is 5.32 Å². The van der Waals surface area contributed by atoms with Crippen LogP contribution in [-0.4, -0.2) is 55.2 Å². The van der Waals surface area contributed by atoms with Crippen molar-refractivity contribution in [1.82, 2.24) is 25.0 Å². The number of aromatic nitrogens is 3. The number of carbonyl (C=O) groups excluding carboxylic acids is 3. The lowest BCUT2D eigenvalue weighted by molar-refractivity contribution is -0.158. The van der Waals surface area contributed by atoms with Crippen LogP contribution in [0.4, 0.5) is 0 Å². The first-order valence-corrected chi connectivity index (χ1v) is 11.9. The van der Waals surface area contributed by atoms with E-state index in [1.54, 1.807) is 18.4 Å². The van der Waals surface area contributed by atoms with Crippen LogP contribution in [0.5, 0.6) is 0 Å². The van der Waals surface area contributed by atoms with Crippen LogP contribution in [0.3, 0.4) is 0 Å². The molecule has 3 heterocycles. The smallest absolute Gasteiger partial charge is 0.252 e. The number of thioether (sulfide) groups is 1. The molecule has 3 aromatic rings. The fraction of sp³-hybridized carbons (Fsp3) is 0.348. The van der Waals surface area contributed by atoms with Crippen molar-refractivity contribution in [3.8, 4) is 17.3 Å². The van der Waals surface area contributed by atoms with Crippen molar-refractivity contribution in [2.75, 3.05) is 12.3 Å². The quantitative estimate of drug-likeness (QED) is 0.456. The number of furan rings is 1. The molecule has 2 fully saturated rings. The molecule has 33 heavy (non-hydrogen) atoms.